The number of alkyl halides is 1. The highest BCUT2D eigenvalue weighted by Gasteiger charge is 2.55. The van der Waals surface area contributed by atoms with Crippen molar-refractivity contribution in [2.24, 2.45) is 10.9 Å². The molecule has 7 rings (SSSR count). The van der Waals surface area contributed by atoms with Crippen molar-refractivity contribution in [2.45, 2.75) is 88.8 Å². The minimum Gasteiger partial charge on any atom is -0.335 e. The van der Waals surface area contributed by atoms with E-state index in [0.29, 0.717) is 26.8 Å². The van der Waals surface area contributed by atoms with Gasteiger partial charge in [-0.05, 0) is 67.6 Å². The normalized spacial score (nSPS) is 30.0. The Kier molecular flexibility index (Phi) is 8.18. The average molecular weight is 686 g/mol. The van der Waals surface area contributed by atoms with Crippen LogP contribution in [0.3, 0.4) is 0 Å². The molecule has 2 amide bonds. The van der Waals surface area contributed by atoms with Crippen LogP contribution in [-0.4, -0.2) is 80.1 Å². The number of nitrogens with one attached hydrogen (secondary N) is 1. The minimum atomic E-state index is -1.26. The summed E-state index contributed by atoms with van der Waals surface area (Å²) in [5.74, 6) is -0.509. The summed E-state index contributed by atoms with van der Waals surface area (Å²) < 4.78 is 15.2. The maximum Gasteiger partial charge on any atom is 0.263 e. The Morgan fingerprint density at radius 1 is 1.13 bits per heavy atom. The topological polar surface area (TPSA) is 81.1 Å². The molecule has 2 aromatic rings. The maximum absolute atomic E-state index is 15.2. The molecule has 8 nitrogen and oxygen atoms in total. The summed E-state index contributed by atoms with van der Waals surface area (Å²) in [6.45, 7) is 9.48. The lowest BCUT2D eigenvalue weighted by atomic mass is 9.81. The monoisotopic (exact) mass is 684 g/mol. The number of amidine groups is 1. The van der Waals surface area contributed by atoms with Crippen molar-refractivity contribution < 1.29 is 14.0 Å². The number of thioether (sulfide) groups is 1. The summed E-state index contributed by atoms with van der Waals surface area (Å²) in [7, 11) is 0. The Bertz CT molecular complexity index is 1610. The first-order valence-corrected chi connectivity index (χ1v) is 17.7. The number of carbonyl (C=O) groups is 2. The number of amides is 2. The zero-order valence-corrected chi connectivity index (χ0v) is 28.8. The lowest BCUT2D eigenvalue weighted by Crippen LogP contribution is -2.62. The Morgan fingerprint density at radius 2 is 1.87 bits per heavy atom. The number of halogens is 3. The number of nitrogens with zero attached hydrogens (tertiary/aromatic N) is 5. The van der Waals surface area contributed by atoms with Crippen LogP contribution in [0.1, 0.15) is 70.5 Å². The number of benzene rings is 1. The molecule has 1 saturated carbocycles. The van der Waals surface area contributed by atoms with Crippen LogP contribution in [0.25, 0.3) is 0 Å². The van der Waals surface area contributed by atoms with Gasteiger partial charge in [-0.25, -0.2) is 14.4 Å². The van der Waals surface area contributed by atoms with E-state index in [1.54, 1.807) is 12.3 Å². The summed E-state index contributed by atoms with van der Waals surface area (Å²) in [6.07, 6.45) is 3.38. The van der Waals surface area contributed by atoms with Crippen LogP contribution in [0, 0.1) is 5.92 Å². The van der Waals surface area contributed by atoms with Crippen LogP contribution in [0.2, 0.25) is 10.2 Å². The van der Waals surface area contributed by atoms with E-state index >= 15 is 4.39 Å². The number of pyridine rings is 1. The van der Waals surface area contributed by atoms with Gasteiger partial charge in [0.1, 0.15) is 27.8 Å². The smallest absolute Gasteiger partial charge is 0.263 e. The van der Waals surface area contributed by atoms with Crippen LogP contribution in [-0.2, 0) is 15.1 Å². The molecule has 1 N–H and O–H groups in total. The maximum atomic E-state index is 15.2. The van der Waals surface area contributed by atoms with Crippen molar-refractivity contribution in [1.29, 1.82) is 0 Å². The summed E-state index contributed by atoms with van der Waals surface area (Å²) in [5, 5.41) is 5.32. The van der Waals surface area contributed by atoms with Gasteiger partial charge in [-0.15, -0.1) is 0 Å². The number of hydrogen-bond acceptors (Lipinski definition) is 7. The highest BCUT2D eigenvalue weighted by Crippen LogP contribution is 2.56. The van der Waals surface area contributed by atoms with Crippen molar-refractivity contribution in [1.82, 2.24) is 25.0 Å². The molecular weight excluding hydrogens is 646 g/mol. The van der Waals surface area contributed by atoms with E-state index in [-0.39, 0.29) is 48.3 Å². The molecule has 1 spiro atoms. The molecule has 5 aliphatic rings. The zero-order valence-electron chi connectivity index (χ0n) is 26.5. The third kappa shape index (κ3) is 5.33. The molecule has 3 fully saturated rings. The van der Waals surface area contributed by atoms with E-state index in [2.05, 4.69) is 42.9 Å². The zero-order chi connectivity index (χ0) is 32.5. The minimum absolute atomic E-state index is 0.0204. The van der Waals surface area contributed by atoms with Crippen LogP contribution >= 0.6 is 35.0 Å². The SMILES string of the molecule is CC[C@H]1CNC2(CC2)CN1C(=O)[C@@H]1C[C@@H](F)CN1C(=O)C1=C(C(C)C)N2C(=N[C@@](C)(c3ccc(Cl)nc3)[C@H]2c2ccc(Cl)cc2)S1. The van der Waals surface area contributed by atoms with Gasteiger partial charge in [0, 0.05) is 53.6 Å². The van der Waals surface area contributed by atoms with Gasteiger partial charge in [-0.1, -0.05) is 62.2 Å². The van der Waals surface area contributed by atoms with Crippen molar-refractivity contribution in [3.8, 4) is 0 Å². The number of aromatic nitrogens is 1. The van der Waals surface area contributed by atoms with Gasteiger partial charge in [0.25, 0.3) is 5.91 Å². The second-order valence-electron chi connectivity index (χ2n) is 13.7. The Labute approximate surface area is 283 Å². The summed E-state index contributed by atoms with van der Waals surface area (Å²) in [5.41, 5.74) is 1.90. The van der Waals surface area contributed by atoms with Crippen molar-refractivity contribution in [3.05, 3.63) is 74.5 Å². The fourth-order valence-corrected chi connectivity index (χ4v) is 9.18. The molecule has 12 heteroatoms. The number of aliphatic imine (C=N–C) groups is 1. The third-order valence-electron chi connectivity index (χ3n) is 10.3. The summed E-state index contributed by atoms with van der Waals surface area (Å²) in [6, 6.07) is 10.3. The molecule has 1 aromatic heterocycles. The Balaban J connectivity index is 1.25. The molecule has 1 aliphatic carbocycles. The summed E-state index contributed by atoms with van der Waals surface area (Å²) >= 11 is 13.8. The van der Waals surface area contributed by atoms with E-state index in [1.807, 2.05) is 35.2 Å². The first-order chi connectivity index (χ1) is 21.9. The third-order valence-corrected chi connectivity index (χ3v) is 11.8. The van der Waals surface area contributed by atoms with Gasteiger partial charge < -0.3 is 20.0 Å². The van der Waals surface area contributed by atoms with Crippen molar-refractivity contribution >= 4 is 51.9 Å². The predicted molar refractivity (Wildman–Crippen MR) is 180 cm³/mol. The molecule has 0 bridgehead atoms. The first-order valence-electron chi connectivity index (χ1n) is 16.1. The fourth-order valence-electron chi connectivity index (χ4n) is 7.58. The van der Waals surface area contributed by atoms with E-state index in [4.69, 9.17) is 28.2 Å². The number of hydrogen-bond donors (Lipinski definition) is 1. The van der Waals surface area contributed by atoms with Crippen LogP contribution in [0.5, 0.6) is 0 Å². The average Bonchev–Trinajstić information content (AvgIpc) is 3.35. The highest BCUT2D eigenvalue weighted by atomic mass is 35.5. The van der Waals surface area contributed by atoms with E-state index < -0.39 is 17.8 Å². The van der Waals surface area contributed by atoms with Crippen LogP contribution in [0.4, 0.5) is 4.39 Å². The van der Waals surface area contributed by atoms with Gasteiger partial charge in [0.05, 0.1) is 12.6 Å². The lowest BCUT2D eigenvalue weighted by molar-refractivity contribution is -0.145. The largest absolute Gasteiger partial charge is 0.335 e. The number of fused-ring (bicyclic) bond motifs is 1. The lowest BCUT2D eigenvalue weighted by Gasteiger charge is -2.42. The molecule has 0 radical (unpaired) electrons. The molecule has 244 valence electrons. The molecule has 1 aromatic carbocycles. The highest BCUT2D eigenvalue weighted by molar-refractivity contribution is 8.18. The molecule has 4 aliphatic heterocycles. The molecular formula is C34H39Cl2FN6O2S. The predicted octanol–water partition coefficient (Wildman–Crippen LogP) is 6.31. The van der Waals surface area contributed by atoms with E-state index in [9.17, 15) is 9.59 Å². The molecule has 2 saturated heterocycles. The van der Waals surface area contributed by atoms with Gasteiger partial charge >= 0.3 is 0 Å². The first kappa shape index (κ1) is 31.9. The quantitative estimate of drug-likeness (QED) is 0.359. The molecule has 5 heterocycles. The standard InChI is InChI=1S/C34H39Cl2FN6O2S/c1-5-24-16-39-34(12-13-34)18-42(24)30(44)25-14-23(37)17-41(25)31(45)28-27(19(2)3)43-29(20-6-9-22(35)10-7-20)33(4,40-32(43)46-28)21-8-11-26(36)38-15-21/h6-11,15,19,23-25,29,39H,5,12-14,16-18H2,1-4H3/t23-,24+,25+,29-,33+/m1/s1. The number of rotatable bonds is 6. The second kappa shape index (κ2) is 11.8. The van der Waals surface area contributed by atoms with Crippen LogP contribution < -0.4 is 5.32 Å². The van der Waals surface area contributed by atoms with E-state index in [0.717, 1.165) is 42.6 Å². The Hall–Kier alpha value is -2.66. The molecule has 0 unspecified atom stereocenters. The molecule has 5 atom stereocenters. The van der Waals surface area contributed by atoms with E-state index in [1.165, 1.54) is 16.7 Å². The fraction of sp³-hybridized carbons (Fsp3) is 0.529. The number of likely N-dealkylation sites (tertiary alicyclic amines) is 1. The van der Waals surface area contributed by atoms with Crippen LogP contribution in [0.15, 0.2) is 58.2 Å². The second-order valence-corrected chi connectivity index (χ2v) is 15.5. The number of allylic oxidation sites excluding steroid dienone is 1. The van der Waals surface area contributed by atoms with Gasteiger partial charge in [-0.3, -0.25) is 9.59 Å². The molecule has 46 heavy (non-hydrogen) atoms. The van der Waals surface area contributed by atoms with Gasteiger partial charge in [0.15, 0.2) is 5.17 Å². The number of piperazine rings is 1. The van der Waals surface area contributed by atoms with Crippen molar-refractivity contribution in [2.75, 3.05) is 19.6 Å². The Morgan fingerprint density at radius 3 is 2.50 bits per heavy atom. The number of carbonyl (C=O) groups excluding carboxylic acids is 2. The van der Waals surface area contributed by atoms with Gasteiger partial charge in [-0.2, -0.15) is 0 Å². The van der Waals surface area contributed by atoms with Gasteiger partial charge in [0.2, 0.25) is 5.91 Å². The van der Waals surface area contributed by atoms with Crippen molar-refractivity contribution in [3.63, 3.8) is 0 Å². The summed E-state index contributed by atoms with van der Waals surface area (Å²) in [4.78, 5) is 44.4.